The minimum absolute atomic E-state index is 0.123. The third-order valence-electron chi connectivity index (χ3n) is 4.37. The predicted octanol–water partition coefficient (Wildman–Crippen LogP) is 4.08. The molecule has 0 saturated carbocycles. The van der Waals surface area contributed by atoms with E-state index in [1.165, 1.54) is 0 Å². The van der Waals surface area contributed by atoms with Crippen LogP contribution in [0.15, 0.2) is 23.1 Å². The van der Waals surface area contributed by atoms with Gasteiger partial charge in [0.2, 0.25) is 10.0 Å². The minimum Gasteiger partial charge on any atom is -0.207 e. The Kier molecular flexibility index (Phi) is 5.69. The molecule has 1 aromatic rings. The van der Waals surface area contributed by atoms with Crippen LogP contribution in [0.5, 0.6) is 0 Å². The summed E-state index contributed by atoms with van der Waals surface area (Å²) in [5, 5.41) is 0. The van der Waals surface area contributed by atoms with Gasteiger partial charge in [-0.25, -0.2) is 8.42 Å². The predicted molar refractivity (Wildman–Crippen MR) is 87.2 cm³/mol. The molecule has 0 N–H and O–H groups in total. The topological polar surface area (TPSA) is 37.4 Å². The van der Waals surface area contributed by atoms with E-state index in [2.05, 4.69) is 6.92 Å². The zero-order valence-corrected chi connectivity index (χ0v) is 14.4. The number of aryl methyl sites for hydroxylation is 1. The molecule has 1 unspecified atom stereocenters. The molecule has 1 aromatic carbocycles. The number of rotatable bonds is 4. The lowest BCUT2D eigenvalue weighted by Crippen LogP contribution is -2.39. The molecule has 1 saturated heterocycles. The maximum atomic E-state index is 13.0. The monoisotopic (exact) mass is 329 g/mol. The van der Waals surface area contributed by atoms with Crippen LogP contribution in [0.2, 0.25) is 0 Å². The van der Waals surface area contributed by atoms with Crippen molar-refractivity contribution < 1.29 is 8.42 Å². The maximum absolute atomic E-state index is 13.0. The largest absolute Gasteiger partial charge is 0.243 e. The summed E-state index contributed by atoms with van der Waals surface area (Å²) in [7, 11) is -3.42. The molecule has 5 heteroatoms. The summed E-state index contributed by atoms with van der Waals surface area (Å²) in [6.07, 6.45) is 5.01. The molecule has 2 rings (SSSR count). The summed E-state index contributed by atoms with van der Waals surface area (Å²) in [4.78, 5) is 0.379. The number of nitrogens with zero attached hydrogens (tertiary/aromatic N) is 1. The van der Waals surface area contributed by atoms with Crippen LogP contribution in [-0.4, -0.2) is 25.3 Å². The van der Waals surface area contributed by atoms with E-state index >= 15 is 0 Å². The highest BCUT2D eigenvalue weighted by Gasteiger charge is 2.31. The Labute approximate surface area is 133 Å². The van der Waals surface area contributed by atoms with Gasteiger partial charge in [-0.2, -0.15) is 4.31 Å². The summed E-state index contributed by atoms with van der Waals surface area (Å²) >= 11 is 5.91. The molecule has 0 amide bonds. The molecule has 0 bridgehead atoms. The van der Waals surface area contributed by atoms with Gasteiger partial charge in [0.1, 0.15) is 0 Å². The molecule has 1 fully saturated rings. The van der Waals surface area contributed by atoms with Gasteiger partial charge < -0.3 is 0 Å². The molecule has 1 atom stereocenters. The van der Waals surface area contributed by atoms with Gasteiger partial charge >= 0.3 is 0 Å². The first-order valence-electron chi connectivity index (χ1n) is 7.68. The van der Waals surface area contributed by atoms with Crippen LogP contribution < -0.4 is 0 Å². The van der Waals surface area contributed by atoms with Gasteiger partial charge in [0.05, 0.1) is 4.90 Å². The highest BCUT2D eigenvalue weighted by atomic mass is 35.5. The molecule has 1 aliphatic rings. The maximum Gasteiger partial charge on any atom is 0.243 e. The average Bonchev–Trinajstić information content (AvgIpc) is 2.73. The van der Waals surface area contributed by atoms with Gasteiger partial charge in [-0.3, -0.25) is 0 Å². The Morgan fingerprint density at radius 3 is 2.71 bits per heavy atom. The van der Waals surface area contributed by atoms with Gasteiger partial charge in [-0.15, -0.1) is 11.6 Å². The quantitative estimate of drug-likeness (QED) is 0.781. The van der Waals surface area contributed by atoms with Crippen LogP contribution in [0.1, 0.15) is 50.2 Å². The number of sulfonamides is 1. The minimum atomic E-state index is -3.42. The van der Waals surface area contributed by atoms with E-state index in [1.807, 2.05) is 13.0 Å². The normalized spacial score (nSPS) is 21.2. The van der Waals surface area contributed by atoms with E-state index < -0.39 is 10.0 Å². The fourth-order valence-electron chi connectivity index (χ4n) is 2.96. The molecule has 1 heterocycles. The Hall–Kier alpha value is -0.580. The third-order valence-corrected chi connectivity index (χ3v) is 6.60. The molecular formula is C16H24ClNO2S. The Morgan fingerprint density at radius 1 is 1.29 bits per heavy atom. The van der Waals surface area contributed by atoms with Gasteiger partial charge in [0.25, 0.3) is 0 Å². The molecule has 0 spiro atoms. The van der Waals surface area contributed by atoms with Crippen molar-refractivity contribution in [2.45, 2.75) is 62.8 Å². The highest BCUT2D eigenvalue weighted by Crippen LogP contribution is 2.27. The Morgan fingerprint density at radius 2 is 2.05 bits per heavy atom. The second kappa shape index (κ2) is 7.12. The van der Waals surface area contributed by atoms with Gasteiger partial charge in [0, 0.05) is 18.5 Å². The average molecular weight is 330 g/mol. The highest BCUT2D eigenvalue weighted by molar-refractivity contribution is 7.89. The molecule has 0 radical (unpaired) electrons. The van der Waals surface area contributed by atoms with Gasteiger partial charge in [-0.05, 0) is 49.4 Å². The van der Waals surface area contributed by atoms with Crippen molar-refractivity contribution in [2.24, 2.45) is 0 Å². The molecule has 1 aliphatic heterocycles. The first-order valence-corrected chi connectivity index (χ1v) is 9.65. The molecule has 118 valence electrons. The van der Waals surface area contributed by atoms with Crippen molar-refractivity contribution in [1.82, 2.24) is 4.31 Å². The van der Waals surface area contributed by atoms with Crippen LogP contribution in [0.3, 0.4) is 0 Å². The van der Waals surface area contributed by atoms with Crippen molar-refractivity contribution in [3.8, 4) is 0 Å². The lowest BCUT2D eigenvalue weighted by atomic mass is 10.1. The smallest absolute Gasteiger partial charge is 0.207 e. The lowest BCUT2D eigenvalue weighted by Gasteiger charge is -2.28. The molecule has 0 aromatic heterocycles. The zero-order chi connectivity index (χ0) is 15.5. The standard InChI is InChI=1S/C16H24ClNO2S/c1-3-15-7-5-4-6-10-18(15)21(19,20)16-9-8-13(2)14(11-16)12-17/h8-9,11,15H,3-7,10,12H2,1-2H3. The molecule has 0 aliphatic carbocycles. The second-order valence-corrected chi connectivity index (χ2v) is 7.91. The van der Waals surface area contributed by atoms with E-state index in [-0.39, 0.29) is 6.04 Å². The fraction of sp³-hybridized carbons (Fsp3) is 0.625. The van der Waals surface area contributed by atoms with Crippen LogP contribution >= 0.6 is 11.6 Å². The second-order valence-electron chi connectivity index (χ2n) is 5.75. The van der Waals surface area contributed by atoms with Crippen LogP contribution in [0, 0.1) is 6.92 Å². The van der Waals surface area contributed by atoms with Gasteiger partial charge in [0.15, 0.2) is 0 Å². The van der Waals surface area contributed by atoms with Crippen LogP contribution in [0.25, 0.3) is 0 Å². The SMILES string of the molecule is CCC1CCCCCN1S(=O)(=O)c1ccc(C)c(CCl)c1. The van der Waals surface area contributed by atoms with E-state index in [0.717, 1.165) is 43.2 Å². The zero-order valence-electron chi connectivity index (χ0n) is 12.8. The lowest BCUT2D eigenvalue weighted by molar-refractivity contribution is 0.315. The number of alkyl halides is 1. The Bertz CT molecular complexity index is 586. The van der Waals surface area contributed by atoms with Crippen LogP contribution in [-0.2, 0) is 15.9 Å². The van der Waals surface area contributed by atoms with E-state index in [1.54, 1.807) is 16.4 Å². The summed E-state index contributed by atoms with van der Waals surface area (Å²) in [5.41, 5.74) is 1.92. The van der Waals surface area contributed by atoms with E-state index in [4.69, 9.17) is 11.6 Å². The third kappa shape index (κ3) is 3.61. The number of hydrogen-bond donors (Lipinski definition) is 0. The van der Waals surface area contributed by atoms with Crippen molar-refractivity contribution in [2.75, 3.05) is 6.54 Å². The fourth-order valence-corrected chi connectivity index (χ4v) is 5.07. The molecular weight excluding hydrogens is 306 g/mol. The van der Waals surface area contributed by atoms with E-state index in [0.29, 0.717) is 17.3 Å². The number of hydrogen-bond acceptors (Lipinski definition) is 2. The van der Waals surface area contributed by atoms with E-state index in [9.17, 15) is 8.42 Å². The summed E-state index contributed by atoms with van der Waals surface area (Å²) in [6, 6.07) is 5.41. The van der Waals surface area contributed by atoms with Crippen molar-refractivity contribution in [3.63, 3.8) is 0 Å². The van der Waals surface area contributed by atoms with Gasteiger partial charge in [-0.1, -0.05) is 25.8 Å². The van der Waals surface area contributed by atoms with Crippen LogP contribution in [0.4, 0.5) is 0 Å². The van der Waals surface area contributed by atoms with Crippen molar-refractivity contribution in [1.29, 1.82) is 0 Å². The first-order chi connectivity index (χ1) is 10.0. The summed E-state index contributed by atoms with van der Waals surface area (Å²) in [6.45, 7) is 4.65. The molecule has 21 heavy (non-hydrogen) atoms. The first kappa shape index (κ1) is 16.8. The summed E-state index contributed by atoms with van der Waals surface area (Å²) < 4.78 is 27.7. The Balaban J connectivity index is 2.39. The number of benzene rings is 1. The molecule has 3 nitrogen and oxygen atoms in total. The van der Waals surface area contributed by atoms with Crippen molar-refractivity contribution >= 4 is 21.6 Å². The number of halogens is 1. The summed E-state index contributed by atoms with van der Waals surface area (Å²) in [5.74, 6) is 0.340. The van der Waals surface area contributed by atoms with Crippen molar-refractivity contribution in [3.05, 3.63) is 29.3 Å².